The number of aliphatic carboxylic acids is 2. The smallest absolute Gasteiger partial charge is 0.544 e. The molecule has 6 aliphatic rings. The Bertz CT molecular complexity index is 2440. The van der Waals surface area contributed by atoms with Gasteiger partial charge in [-0.05, 0) is 11.1 Å². The first-order valence-electron chi connectivity index (χ1n) is 30.1. The fraction of sp³-hybridized carbons (Fsp3) is 0.759. The molecule has 36 nitrogen and oxygen atoms in total. The molecule has 0 amide bonds. The average Bonchev–Trinajstić information content (AvgIpc) is 0.781. The molecule has 0 aromatic heterocycles. The van der Waals surface area contributed by atoms with Crippen molar-refractivity contribution in [3.63, 3.8) is 0 Å². The minimum atomic E-state index is -2.78. The molecule has 8 rings (SSSR count). The SMILES string of the molecule is C[C@H]1C([C@H](O)[C@H](O)CO)O[C@@](OCC2O[C@@H](O[C@@H]3C(CO)O[C@@H](OCc4ccccc4)C(O)[C@H]3O)C(O)[C@@H](O)[C@H]2O)(C(=O)[O-])C[C@H]1O.C[C@H]1C([C@H](O)[C@H](O)CO)O[C@@](OCC2O[C@@H](O[C@@H]3C(CO)O[C@@H](OCc4ccccc4)C(O)[C@H]3O)C(O)[C@@H](O)[C@H]2O)(C(=O)[O-])C[C@H]1O.[Zn+2]. The summed E-state index contributed by atoms with van der Waals surface area (Å²) < 4.78 is 66.6. The summed E-state index contributed by atoms with van der Waals surface area (Å²) >= 11 is 0. The second kappa shape index (κ2) is 35.9. The summed E-state index contributed by atoms with van der Waals surface area (Å²) in [7, 11) is 0. The van der Waals surface area contributed by atoms with Crippen LogP contribution in [0.4, 0.5) is 0 Å². The summed E-state index contributed by atoms with van der Waals surface area (Å²) in [4.78, 5) is 24.5. The molecular weight excluding hydrogens is 1340 g/mol. The summed E-state index contributed by atoms with van der Waals surface area (Å²) in [5.74, 6) is -11.5. The number of aliphatic hydroxyl groups excluding tert-OH is 20. The van der Waals surface area contributed by atoms with E-state index in [2.05, 4.69) is 0 Å². The molecular formula is C58H86O36Zn. The molecule has 20 N–H and O–H groups in total. The van der Waals surface area contributed by atoms with Gasteiger partial charge in [0.25, 0.3) is 0 Å². The van der Waals surface area contributed by atoms with E-state index in [1.165, 1.54) is 13.8 Å². The third-order valence-corrected chi connectivity index (χ3v) is 17.4. The molecule has 2 aromatic rings. The number of ether oxygens (including phenoxy) is 12. The van der Waals surface area contributed by atoms with E-state index in [1.54, 1.807) is 60.7 Å². The van der Waals surface area contributed by atoms with Gasteiger partial charge in [-0.2, -0.15) is 0 Å². The standard InChI is InChI=1S/2C29H44O18.Zn/c2*1-12-14(32)7-29(28(40)41,47-24(12)18(34)15(33)8-30)43-11-17-19(35)20(36)22(38)27(45-17)46-25-16(9-31)44-26(23(39)21(25)37)42-10-13-5-3-2-4-6-13;/h2*2-6,12,14-27,30-39H,7-11H2,1H3,(H,40,41);/q;;+2/p-2/t2*12-,14-,15-,16?,17?,18-,19+,20+,21-,22?,23?,24?,25-,26-,27+,29-;/m11./s1. The zero-order valence-electron chi connectivity index (χ0n) is 51.3. The zero-order chi connectivity index (χ0) is 69.3. The number of carboxylic acids is 2. The summed E-state index contributed by atoms with van der Waals surface area (Å²) in [6, 6.07) is 17.7. The molecule has 0 bridgehead atoms. The summed E-state index contributed by atoms with van der Waals surface area (Å²) in [6.45, 7) is -2.39. The van der Waals surface area contributed by atoms with Crippen LogP contribution in [0, 0.1) is 11.8 Å². The van der Waals surface area contributed by atoms with Crippen molar-refractivity contribution in [1.29, 1.82) is 0 Å². The molecule has 6 heterocycles. The van der Waals surface area contributed by atoms with Crippen LogP contribution >= 0.6 is 0 Å². The van der Waals surface area contributed by atoms with E-state index in [-0.39, 0.29) is 32.7 Å². The monoisotopic (exact) mass is 1420 g/mol. The maximum atomic E-state index is 12.2. The van der Waals surface area contributed by atoms with E-state index >= 15 is 0 Å². The van der Waals surface area contributed by atoms with E-state index in [9.17, 15) is 122 Å². The van der Waals surface area contributed by atoms with E-state index in [0.717, 1.165) is 11.1 Å². The van der Waals surface area contributed by atoms with Gasteiger partial charge in [-0.3, -0.25) is 0 Å². The molecule has 6 aliphatic heterocycles. The van der Waals surface area contributed by atoms with Gasteiger partial charge in [0.2, 0.25) is 11.6 Å². The Morgan fingerprint density at radius 2 is 0.789 bits per heavy atom. The average molecular weight is 1420 g/mol. The number of carbonyl (C=O) groups is 2. The maximum absolute atomic E-state index is 12.2. The molecule has 6 fully saturated rings. The van der Waals surface area contributed by atoms with E-state index in [1.807, 2.05) is 0 Å². The van der Waals surface area contributed by atoms with Crippen LogP contribution in [-0.4, -0.2) is 337 Å². The number of benzene rings is 2. The molecule has 37 heteroatoms. The number of hydrogen-bond acceptors (Lipinski definition) is 36. The van der Waals surface area contributed by atoms with Gasteiger partial charge in [-0.15, -0.1) is 0 Å². The Labute approximate surface area is 554 Å². The summed E-state index contributed by atoms with van der Waals surface area (Å²) in [5, 5.41) is 231. The van der Waals surface area contributed by atoms with Crippen LogP contribution in [0.5, 0.6) is 0 Å². The second-order valence-electron chi connectivity index (χ2n) is 23.8. The van der Waals surface area contributed by atoms with Crippen LogP contribution in [-0.2, 0) is 99.1 Å². The molecule has 32 atom stereocenters. The number of carbonyl (C=O) groups excluding carboxylic acids is 2. The van der Waals surface area contributed by atoms with E-state index in [4.69, 9.17) is 56.8 Å². The topological polar surface area (TPSA) is 596 Å². The van der Waals surface area contributed by atoms with Crippen molar-refractivity contribution < 1.29 is 198 Å². The Balaban J connectivity index is 0.000000298. The fourth-order valence-corrected chi connectivity index (χ4v) is 11.4. The van der Waals surface area contributed by atoms with Crippen molar-refractivity contribution in [3.05, 3.63) is 71.8 Å². The van der Waals surface area contributed by atoms with Gasteiger partial charge in [-0.1, -0.05) is 74.5 Å². The molecule has 536 valence electrons. The summed E-state index contributed by atoms with van der Waals surface area (Å²) in [6.07, 6.45) is -49.3. The molecule has 6 saturated heterocycles. The Morgan fingerprint density at radius 3 is 1.09 bits per heavy atom. The number of rotatable bonds is 26. The zero-order valence-corrected chi connectivity index (χ0v) is 54.3. The van der Waals surface area contributed by atoms with Crippen molar-refractivity contribution in [2.24, 2.45) is 11.8 Å². The molecule has 10 unspecified atom stereocenters. The molecule has 0 aliphatic carbocycles. The minimum absolute atomic E-state index is 0. The van der Waals surface area contributed by atoms with Gasteiger partial charge in [0.05, 0.1) is 77.3 Å². The van der Waals surface area contributed by atoms with Crippen molar-refractivity contribution in [1.82, 2.24) is 0 Å². The first-order chi connectivity index (χ1) is 44.5. The van der Waals surface area contributed by atoms with Crippen molar-refractivity contribution in [2.75, 3.05) is 39.6 Å². The van der Waals surface area contributed by atoms with Crippen LogP contribution in [0.3, 0.4) is 0 Å². The van der Waals surface area contributed by atoms with Gasteiger partial charge < -0.3 is 179 Å². The third-order valence-electron chi connectivity index (χ3n) is 17.4. The van der Waals surface area contributed by atoms with Crippen molar-refractivity contribution >= 4 is 11.9 Å². The molecule has 0 saturated carbocycles. The largest absolute Gasteiger partial charge is 2.00 e. The number of hydrogen-bond donors (Lipinski definition) is 20. The second-order valence-corrected chi connectivity index (χ2v) is 23.8. The summed E-state index contributed by atoms with van der Waals surface area (Å²) in [5.41, 5.74) is 1.46. The quantitative estimate of drug-likeness (QED) is 0.0389. The van der Waals surface area contributed by atoms with Crippen LogP contribution in [0.25, 0.3) is 0 Å². The van der Waals surface area contributed by atoms with Crippen LogP contribution in [0.1, 0.15) is 37.8 Å². The van der Waals surface area contributed by atoms with Crippen molar-refractivity contribution in [3.8, 4) is 0 Å². The Kier molecular flexibility index (Phi) is 30.5. The number of carboxylic acid groups (broad SMARTS) is 2. The first-order valence-corrected chi connectivity index (χ1v) is 30.1. The number of aliphatic hydroxyl groups is 20. The van der Waals surface area contributed by atoms with Gasteiger partial charge in [-0.25, -0.2) is 0 Å². The van der Waals surface area contributed by atoms with Gasteiger partial charge >= 0.3 is 19.5 Å². The Morgan fingerprint density at radius 1 is 0.474 bits per heavy atom. The van der Waals surface area contributed by atoms with E-state index in [0.29, 0.717) is 0 Å². The Hall–Kier alpha value is -3.28. The van der Waals surface area contributed by atoms with Gasteiger partial charge in [0.15, 0.2) is 25.2 Å². The van der Waals surface area contributed by atoms with Gasteiger partial charge in [0.1, 0.15) is 134 Å². The van der Waals surface area contributed by atoms with Crippen LogP contribution in [0.15, 0.2) is 60.7 Å². The molecule has 95 heavy (non-hydrogen) atoms. The normalized spacial score (nSPS) is 42.0. The van der Waals surface area contributed by atoms with Gasteiger partial charge in [0, 0.05) is 24.7 Å². The molecule has 2 aromatic carbocycles. The first kappa shape index (κ1) is 80.7. The fourth-order valence-electron chi connectivity index (χ4n) is 11.4. The maximum Gasteiger partial charge on any atom is 2.00 e. The van der Waals surface area contributed by atoms with Crippen molar-refractivity contribution in [2.45, 2.75) is 223 Å². The van der Waals surface area contributed by atoms with E-state index < -0.39 is 259 Å². The molecule has 0 radical (unpaired) electrons. The minimum Gasteiger partial charge on any atom is -0.544 e. The predicted molar refractivity (Wildman–Crippen MR) is 296 cm³/mol. The molecule has 0 spiro atoms. The van der Waals surface area contributed by atoms with Crippen LogP contribution < -0.4 is 10.2 Å². The third kappa shape index (κ3) is 18.8. The van der Waals surface area contributed by atoms with Crippen LogP contribution in [0.2, 0.25) is 0 Å². The predicted octanol–water partition coefficient (Wildman–Crippen LogP) is -12.4.